The summed E-state index contributed by atoms with van der Waals surface area (Å²) >= 11 is 0. The third-order valence-electron chi connectivity index (χ3n) is 5.54. The molecule has 1 aromatic rings. The van der Waals surface area contributed by atoms with Gasteiger partial charge in [-0.05, 0) is 30.9 Å². The maximum atomic E-state index is 12.2. The van der Waals surface area contributed by atoms with Crippen LogP contribution in [0.25, 0.3) is 0 Å². The lowest BCUT2D eigenvalue weighted by Crippen LogP contribution is -2.45. The molecule has 1 N–H and O–H groups in total. The average molecular weight is 373 g/mol. The largest absolute Gasteiger partial charge is 0.378 e. The number of piperidine rings is 1. The van der Waals surface area contributed by atoms with Gasteiger partial charge < -0.3 is 15.0 Å². The minimum absolute atomic E-state index is 0.00559. The van der Waals surface area contributed by atoms with Crippen molar-refractivity contribution in [1.29, 1.82) is 0 Å². The van der Waals surface area contributed by atoms with E-state index < -0.39 is 0 Å². The van der Waals surface area contributed by atoms with E-state index in [1.165, 1.54) is 11.1 Å². The van der Waals surface area contributed by atoms with E-state index >= 15 is 0 Å². The van der Waals surface area contributed by atoms with E-state index in [0.29, 0.717) is 26.3 Å². The normalized spacial score (nSPS) is 19.1. The Kier molecular flexibility index (Phi) is 7.24. The number of amides is 2. The van der Waals surface area contributed by atoms with Crippen molar-refractivity contribution in [3.63, 3.8) is 0 Å². The van der Waals surface area contributed by atoms with Gasteiger partial charge in [-0.15, -0.1) is 0 Å². The second-order valence-corrected chi connectivity index (χ2v) is 7.54. The van der Waals surface area contributed by atoms with Gasteiger partial charge >= 0.3 is 0 Å². The summed E-state index contributed by atoms with van der Waals surface area (Å²) in [4.78, 5) is 28.6. The molecular weight excluding hydrogens is 342 g/mol. The zero-order chi connectivity index (χ0) is 19.1. The van der Waals surface area contributed by atoms with Crippen molar-refractivity contribution in [1.82, 2.24) is 15.1 Å². The molecule has 2 fully saturated rings. The molecule has 3 rings (SSSR count). The number of hydrogen-bond donors (Lipinski definition) is 1. The van der Waals surface area contributed by atoms with Crippen molar-refractivity contribution in [2.24, 2.45) is 0 Å². The molecule has 2 aliphatic rings. The molecule has 0 spiro atoms. The molecule has 6 nitrogen and oxygen atoms in total. The summed E-state index contributed by atoms with van der Waals surface area (Å²) in [5.41, 5.74) is 2.71. The van der Waals surface area contributed by atoms with Gasteiger partial charge in [0.2, 0.25) is 11.8 Å². The lowest BCUT2D eigenvalue weighted by atomic mass is 10.0. The quantitative estimate of drug-likeness (QED) is 0.825. The van der Waals surface area contributed by atoms with Crippen LogP contribution in [0, 0.1) is 6.92 Å². The minimum atomic E-state index is -0.00559. The Morgan fingerprint density at radius 3 is 2.48 bits per heavy atom. The van der Waals surface area contributed by atoms with Crippen molar-refractivity contribution in [3.05, 3.63) is 35.4 Å². The highest BCUT2D eigenvalue weighted by Gasteiger charge is 2.22. The third-order valence-corrected chi connectivity index (χ3v) is 5.54. The summed E-state index contributed by atoms with van der Waals surface area (Å²) in [6.45, 7) is 7.58. The van der Waals surface area contributed by atoms with Crippen molar-refractivity contribution >= 4 is 11.8 Å². The highest BCUT2D eigenvalue weighted by Crippen LogP contribution is 2.16. The molecule has 0 unspecified atom stereocenters. The summed E-state index contributed by atoms with van der Waals surface area (Å²) < 4.78 is 5.25. The van der Waals surface area contributed by atoms with Crippen LogP contribution in [-0.2, 0) is 20.9 Å². The Hall–Kier alpha value is -1.92. The number of ether oxygens (including phenoxy) is 1. The van der Waals surface area contributed by atoms with Gasteiger partial charge in [-0.3, -0.25) is 14.5 Å². The molecule has 0 saturated carbocycles. The Morgan fingerprint density at radius 2 is 1.78 bits per heavy atom. The average Bonchev–Trinajstić information content (AvgIpc) is 2.70. The molecule has 148 valence electrons. The van der Waals surface area contributed by atoms with Crippen molar-refractivity contribution in [2.45, 2.75) is 45.2 Å². The Balaban J connectivity index is 1.34. The van der Waals surface area contributed by atoms with Gasteiger partial charge in [0.05, 0.1) is 13.2 Å². The number of aryl methyl sites for hydroxylation is 1. The van der Waals surface area contributed by atoms with Gasteiger partial charge in [0.1, 0.15) is 0 Å². The molecular formula is C21H31N3O3. The molecule has 0 bridgehead atoms. The predicted octanol–water partition coefficient (Wildman–Crippen LogP) is 1.71. The van der Waals surface area contributed by atoms with Crippen LogP contribution in [0.3, 0.4) is 0 Å². The summed E-state index contributed by atoms with van der Waals surface area (Å²) in [7, 11) is 0. The number of morpholine rings is 1. The maximum Gasteiger partial charge on any atom is 0.223 e. The van der Waals surface area contributed by atoms with Crippen molar-refractivity contribution in [3.8, 4) is 0 Å². The van der Waals surface area contributed by atoms with Crippen molar-refractivity contribution < 1.29 is 14.3 Å². The maximum absolute atomic E-state index is 12.2. The van der Waals surface area contributed by atoms with E-state index in [-0.39, 0.29) is 30.7 Å². The minimum Gasteiger partial charge on any atom is -0.378 e. The number of hydrogen-bond acceptors (Lipinski definition) is 4. The summed E-state index contributed by atoms with van der Waals surface area (Å²) in [6.07, 6.45) is 2.50. The predicted molar refractivity (Wildman–Crippen MR) is 104 cm³/mol. The lowest BCUT2D eigenvalue weighted by molar-refractivity contribution is -0.137. The highest BCUT2D eigenvalue weighted by molar-refractivity contribution is 5.84. The molecule has 0 atom stereocenters. The van der Waals surface area contributed by atoms with Gasteiger partial charge in [-0.2, -0.15) is 0 Å². The summed E-state index contributed by atoms with van der Waals surface area (Å²) in [6, 6.07) is 8.73. The number of carbonyl (C=O) groups is 2. The molecule has 1 aromatic carbocycles. The van der Waals surface area contributed by atoms with Crippen LogP contribution in [0.15, 0.2) is 24.3 Å². The zero-order valence-electron chi connectivity index (χ0n) is 16.3. The van der Waals surface area contributed by atoms with Crippen molar-refractivity contribution in [2.75, 3.05) is 39.4 Å². The third kappa shape index (κ3) is 6.04. The first-order valence-electron chi connectivity index (χ1n) is 10.0. The van der Waals surface area contributed by atoms with Crippen LogP contribution in [0.4, 0.5) is 0 Å². The monoisotopic (exact) mass is 373 g/mol. The van der Waals surface area contributed by atoms with E-state index in [1.807, 2.05) is 0 Å². The summed E-state index contributed by atoms with van der Waals surface area (Å²) in [5, 5.41) is 3.11. The SMILES string of the molecule is Cc1ccccc1CN1CCC(NC(=O)CCC(=O)N2CCOCC2)CC1. The fourth-order valence-corrected chi connectivity index (χ4v) is 3.75. The van der Waals surface area contributed by atoms with Crippen LogP contribution in [0.1, 0.15) is 36.8 Å². The molecule has 0 aromatic heterocycles. The van der Waals surface area contributed by atoms with Crippen LogP contribution < -0.4 is 5.32 Å². The lowest BCUT2D eigenvalue weighted by Gasteiger charge is -2.32. The number of nitrogens with one attached hydrogen (secondary N) is 1. The van der Waals surface area contributed by atoms with Gasteiger partial charge in [-0.1, -0.05) is 24.3 Å². The molecule has 0 aliphatic carbocycles. The first-order valence-corrected chi connectivity index (χ1v) is 10.0. The first-order chi connectivity index (χ1) is 13.1. The van der Waals surface area contributed by atoms with E-state index in [0.717, 1.165) is 32.5 Å². The van der Waals surface area contributed by atoms with E-state index in [2.05, 4.69) is 41.4 Å². The fourth-order valence-electron chi connectivity index (χ4n) is 3.75. The van der Waals surface area contributed by atoms with Crippen LogP contribution in [0.5, 0.6) is 0 Å². The Labute approximate surface area is 161 Å². The fraction of sp³-hybridized carbons (Fsp3) is 0.619. The van der Waals surface area contributed by atoms with Gasteiger partial charge in [0.15, 0.2) is 0 Å². The topological polar surface area (TPSA) is 61.9 Å². The van der Waals surface area contributed by atoms with Gasteiger partial charge in [0, 0.05) is 51.6 Å². The molecule has 2 amide bonds. The van der Waals surface area contributed by atoms with E-state index in [4.69, 9.17) is 4.74 Å². The standard InChI is InChI=1S/C21H31N3O3/c1-17-4-2-3-5-18(17)16-23-10-8-19(9-11-23)22-20(25)6-7-21(26)24-12-14-27-15-13-24/h2-5,19H,6-16H2,1H3,(H,22,25). The number of carbonyl (C=O) groups excluding carboxylic acids is 2. The number of likely N-dealkylation sites (tertiary alicyclic amines) is 1. The van der Waals surface area contributed by atoms with E-state index in [1.54, 1.807) is 4.90 Å². The number of rotatable bonds is 6. The molecule has 2 heterocycles. The Morgan fingerprint density at radius 1 is 1.07 bits per heavy atom. The Bertz CT molecular complexity index is 635. The van der Waals surface area contributed by atoms with Gasteiger partial charge in [0.25, 0.3) is 0 Å². The number of benzene rings is 1. The van der Waals surface area contributed by atoms with Crippen LogP contribution >= 0.6 is 0 Å². The van der Waals surface area contributed by atoms with Gasteiger partial charge in [-0.25, -0.2) is 0 Å². The molecule has 2 aliphatic heterocycles. The highest BCUT2D eigenvalue weighted by atomic mass is 16.5. The molecule has 0 radical (unpaired) electrons. The van der Waals surface area contributed by atoms with E-state index in [9.17, 15) is 9.59 Å². The summed E-state index contributed by atoms with van der Waals surface area (Å²) in [5.74, 6) is 0.0514. The second-order valence-electron chi connectivity index (χ2n) is 7.54. The molecule has 27 heavy (non-hydrogen) atoms. The van der Waals surface area contributed by atoms with Crippen LogP contribution in [-0.4, -0.2) is 67.0 Å². The molecule has 6 heteroatoms. The smallest absolute Gasteiger partial charge is 0.223 e. The van der Waals surface area contributed by atoms with Crippen LogP contribution in [0.2, 0.25) is 0 Å². The first kappa shape index (κ1) is 19.8. The molecule has 2 saturated heterocycles. The number of nitrogens with zero attached hydrogens (tertiary/aromatic N) is 2. The second kappa shape index (κ2) is 9.85. The zero-order valence-corrected chi connectivity index (χ0v) is 16.3.